The molecule has 0 aromatic heterocycles. The van der Waals surface area contributed by atoms with Crippen LogP contribution in [0, 0.1) is 5.82 Å². The summed E-state index contributed by atoms with van der Waals surface area (Å²) in [5.41, 5.74) is -2.66. The molecule has 0 unspecified atom stereocenters. The minimum absolute atomic E-state index is 0.245. The third kappa shape index (κ3) is 2.14. The lowest BCUT2D eigenvalue weighted by Crippen LogP contribution is -2.41. The van der Waals surface area contributed by atoms with E-state index in [2.05, 4.69) is 0 Å². The number of carboxylic acids is 1. The van der Waals surface area contributed by atoms with E-state index in [9.17, 15) is 19.4 Å². The average molecular weight is 214 g/mol. The molecule has 3 N–H and O–H groups in total. The van der Waals surface area contributed by atoms with Crippen LogP contribution in [0.4, 0.5) is 4.39 Å². The molecule has 2 atom stereocenters. The summed E-state index contributed by atoms with van der Waals surface area (Å²) < 4.78 is 13.2. The monoisotopic (exact) mass is 214 g/mol. The molecule has 0 aliphatic heterocycles. The van der Waals surface area contributed by atoms with Crippen molar-refractivity contribution in [1.82, 2.24) is 0 Å². The highest BCUT2D eigenvalue weighted by Crippen LogP contribution is 2.27. The smallest absolute Gasteiger partial charge is 0.338 e. The fourth-order valence-electron chi connectivity index (χ4n) is 1.12. The topological polar surface area (TPSA) is 77.8 Å². The van der Waals surface area contributed by atoms with Gasteiger partial charge in [0.1, 0.15) is 11.9 Å². The van der Waals surface area contributed by atoms with E-state index in [0.29, 0.717) is 0 Å². The lowest BCUT2D eigenvalue weighted by Gasteiger charge is -2.24. The van der Waals surface area contributed by atoms with Gasteiger partial charge >= 0.3 is 5.97 Å². The van der Waals surface area contributed by atoms with Crippen LogP contribution in [0.5, 0.6) is 0 Å². The zero-order chi connectivity index (χ0) is 11.6. The van der Waals surface area contributed by atoms with Crippen LogP contribution >= 0.6 is 0 Å². The summed E-state index contributed by atoms with van der Waals surface area (Å²) in [6.07, 6.45) is -1.81. The van der Waals surface area contributed by atoms with Gasteiger partial charge in [-0.1, -0.05) is 18.2 Å². The summed E-state index contributed by atoms with van der Waals surface area (Å²) >= 11 is 0. The SMILES string of the molecule is C[C@](O)(C(=O)O)[C@@H](O)c1ccccc1F. The van der Waals surface area contributed by atoms with E-state index in [0.717, 1.165) is 13.0 Å². The number of carboxylic acid groups (broad SMARTS) is 1. The molecule has 0 saturated carbocycles. The van der Waals surface area contributed by atoms with Crippen molar-refractivity contribution >= 4 is 5.97 Å². The fraction of sp³-hybridized carbons (Fsp3) is 0.300. The van der Waals surface area contributed by atoms with E-state index >= 15 is 0 Å². The van der Waals surface area contributed by atoms with Gasteiger partial charge in [-0.15, -0.1) is 0 Å². The molecule has 0 bridgehead atoms. The summed E-state index contributed by atoms with van der Waals surface area (Å²) in [6, 6.07) is 5.15. The molecule has 4 nitrogen and oxygen atoms in total. The zero-order valence-corrected chi connectivity index (χ0v) is 8.01. The molecule has 0 spiro atoms. The molecule has 0 aliphatic rings. The lowest BCUT2D eigenvalue weighted by molar-refractivity contribution is -0.169. The average Bonchev–Trinajstić information content (AvgIpc) is 2.17. The number of hydrogen-bond acceptors (Lipinski definition) is 3. The second-order valence-electron chi connectivity index (χ2n) is 3.38. The third-order valence-electron chi connectivity index (χ3n) is 2.17. The van der Waals surface area contributed by atoms with Crippen molar-refractivity contribution in [2.75, 3.05) is 0 Å². The van der Waals surface area contributed by atoms with E-state index in [1.54, 1.807) is 0 Å². The summed E-state index contributed by atoms with van der Waals surface area (Å²) in [6.45, 7) is 0.909. The number of aliphatic hydroxyl groups excluding tert-OH is 1. The van der Waals surface area contributed by atoms with Crippen LogP contribution < -0.4 is 0 Å². The fourth-order valence-corrected chi connectivity index (χ4v) is 1.12. The van der Waals surface area contributed by atoms with Gasteiger partial charge in [0.05, 0.1) is 0 Å². The standard InChI is InChI=1S/C10H11FO4/c1-10(15,9(13)14)8(12)6-4-2-3-5-7(6)11/h2-5,8,12,15H,1H3,(H,13,14)/t8-,10+/m0/s1. The van der Waals surface area contributed by atoms with Crippen molar-refractivity contribution in [2.45, 2.75) is 18.6 Å². The summed E-state index contributed by atoms with van der Waals surface area (Å²) in [4.78, 5) is 10.6. The molecule has 0 radical (unpaired) electrons. The van der Waals surface area contributed by atoms with Crippen molar-refractivity contribution < 1.29 is 24.5 Å². The zero-order valence-electron chi connectivity index (χ0n) is 8.01. The molecule has 82 valence electrons. The summed E-state index contributed by atoms with van der Waals surface area (Å²) in [5, 5.41) is 27.6. The summed E-state index contributed by atoms with van der Waals surface area (Å²) in [7, 11) is 0. The Hall–Kier alpha value is -1.46. The second kappa shape index (κ2) is 3.96. The first-order valence-corrected chi connectivity index (χ1v) is 4.25. The Morgan fingerprint density at radius 2 is 2.00 bits per heavy atom. The number of rotatable bonds is 3. The van der Waals surface area contributed by atoms with E-state index in [1.807, 2.05) is 0 Å². The lowest BCUT2D eigenvalue weighted by atomic mass is 9.93. The Bertz CT molecular complexity index is 375. The van der Waals surface area contributed by atoms with E-state index in [1.165, 1.54) is 18.2 Å². The predicted molar refractivity (Wildman–Crippen MR) is 49.6 cm³/mol. The van der Waals surface area contributed by atoms with Crippen LogP contribution in [0.25, 0.3) is 0 Å². The minimum atomic E-state index is -2.41. The van der Waals surface area contributed by atoms with Gasteiger partial charge in [0.25, 0.3) is 0 Å². The van der Waals surface area contributed by atoms with Gasteiger partial charge < -0.3 is 15.3 Å². The molecule has 0 fully saturated rings. The number of hydrogen-bond donors (Lipinski definition) is 3. The summed E-state index contributed by atoms with van der Waals surface area (Å²) in [5.74, 6) is -2.37. The normalized spacial score (nSPS) is 16.8. The van der Waals surface area contributed by atoms with Gasteiger partial charge in [-0.2, -0.15) is 0 Å². The van der Waals surface area contributed by atoms with Crippen molar-refractivity contribution in [3.63, 3.8) is 0 Å². The number of carbonyl (C=O) groups is 1. The van der Waals surface area contributed by atoms with Gasteiger partial charge in [0.15, 0.2) is 5.60 Å². The molecule has 1 aromatic carbocycles. The predicted octanol–water partition coefficient (Wildman–Crippen LogP) is 0.695. The molecule has 5 heteroatoms. The molecule has 0 amide bonds. The maximum Gasteiger partial charge on any atom is 0.338 e. The molecule has 0 heterocycles. The number of aliphatic carboxylic acids is 1. The highest BCUT2D eigenvalue weighted by molar-refractivity contribution is 5.77. The van der Waals surface area contributed by atoms with Gasteiger partial charge in [-0.25, -0.2) is 9.18 Å². The Morgan fingerprint density at radius 1 is 1.47 bits per heavy atom. The first-order valence-electron chi connectivity index (χ1n) is 4.25. The van der Waals surface area contributed by atoms with Gasteiger partial charge in [0, 0.05) is 5.56 Å². The first-order chi connectivity index (χ1) is 6.87. The molecule has 1 aromatic rings. The van der Waals surface area contributed by atoms with E-state index < -0.39 is 23.5 Å². The maximum atomic E-state index is 13.2. The third-order valence-corrected chi connectivity index (χ3v) is 2.17. The maximum absolute atomic E-state index is 13.2. The van der Waals surface area contributed by atoms with Gasteiger partial charge in [-0.05, 0) is 13.0 Å². The Balaban J connectivity index is 3.10. The van der Waals surface area contributed by atoms with E-state index in [-0.39, 0.29) is 5.56 Å². The van der Waals surface area contributed by atoms with Gasteiger partial charge in [0.2, 0.25) is 0 Å². The molecular formula is C10H11FO4. The molecule has 15 heavy (non-hydrogen) atoms. The molecule has 0 aliphatic carbocycles. The Morgan fingerprint density at radius 3 is 2.47 bits per heavy atom. The van der Waals surface area contributed by atoms with Crippen LogP contribution in [0.2, 0.25) is 0 Å². The van der Waals surface area contributed by atoms with Crippen LogP contribution in [0.3, 0.4) is 0 Å². The van der Waals surface area contributed by atoms with Crippen molar-refractivity contribution in [3.8, 4) is 0 Å². The van der Waals surface area contributed by atoms with Gasteiger partial charge in [-0.3, -0.25) is 0 Å². The van der Waals surface area contributed by atoms with Crippen molar-refractivity contribution in [3.05, 3.63) is 35.6 Å². The number of halogens is 1. The van der Waals surface area contributed by atoms with Crippen LogP contribution in [-0.4, -0.2) is 26.9 Å². The van der Waals surface area contributed by atoms with Crippen LogP contribution in [0.1, 0.15) is 18.6 Å². The van der Waals surface area contributed by atoms with Crippen LogP contribution in [0.15, 0.2) is 24.3 Å². The number of aliphatic hydroxyl groups is 2. The first kappa shape index (κ1) is 11.6. The van der Waals surface area contributed by atoms with E-state index in [4.69, 9.17) is 5.11 Å². The Labute approximate surface area is 85.6 Å². The molecule has 1 rings (SSSR count). The molecular weight excluding hydrogens is 203 g/mol. The van der Waals surface area contributed by atoms with Crippen molar-refractivity contribution in [1.29, 1.82) is 0 Å². The van der Waals surface area contributed by atoms with Crippen LogP contribution in [-0.2, 0) is 4.79 Å². The number of benzene rings is 1. The Kier molecular flexibility index (Phi) is 3.06. The molecule has 0 saturated heterocycles. The largest absolute Gasteiger partial charge is 0.479 e. The van der Waals surface area contributed by atoms with Crippen molar-refractivity contribution in [2.24, 2.45) is 0 Å². The highest BCUT2D eigenvalue weighted by atomic mass is 19.1. The second-order valence-corrected chi connectivity index (χ2v) is 3.38. The minimum Gasteiger partial charge on any atom is -0.479 e. The highest BCUT2D eigenvalue weighted by Gasteiger charge is 2.40. The quantitative estimate of drug-likeness (QED) is 0.692.